The summed E-state index contributed by atoms with van der Waals surface area (Å²) in [5, 5.41) is 24.9. The van der Waals surface area contributed by atoms with E-state index >= 15 is 0 Å². The Morgan fingerprint density at radius 2 is 1.75 bits per heavy atom. The zero-order chi connectivity index (χ0) is 19.8. The first-order chi connectivity index (χ1) is 13.5. The Hall–Kier alpha value is -4.32. The standard InChI is InChI=1S/C19H12N6O3/c1-23-18(26)15(11-20)16(12-5-3-2-4-6-12)24-19(23)21-17(22-24)13-7-9-14(10-8-13)25(27)28/h2-10H,1H3. The smallest absolute Gasteiger partial charge is 0.273 e. The second kappa shape index (κ2) is 6.44. The maximum Gasteiger partial charge on any atom is 0.273 e. The van der Waals surface area contributed by atoms with Crippen molar-refractivity contribution in [3.05, 3.63) is 80.6 Å². The molecule has 0 aliphatic carbocycles. The minimum absolute atomic E-state index is 0.0404. The third-order valence-electron chi connectivity index (χ3n) is 4.35. The molecule has 0 bridgehead atoms. The van der Waals surface area contributed by atoms with Crippen molar-refractivity contribution in [2.24, 2.45) is 7.05 Å². The average Bonchev–Trinajstić information content (AvgIpc) is 3.16. The highest BCUT2D eigenvalue weighted by Gasteiger charge is 2.20. The summed E-state index contributed by atoms with van der Waals surface area (Å²) in [4.78, 5) is 27.4. The zero-order valence-electron chi connectivity index (χ0n) is 14.6. The van der Waals surface area contributed by atoms with Gasteiger partial charge in [0.1, 0.15) is 11.6 Å². The highest BCUT2D eigenvalue weighted by Crippen LogP contribution is 2.25. The lowest BCUT2D eigenvalue weighted by atomic mass is 10.1. The third kappa shape index (κ3) is 2.60. The lowest BCUT2D eigenvalue weighted by Crippen LogP contribution is -2.24. The van der Waals surface area contributed by atoms with E-state index < -0.39 is 10.5 Å². The van der Waals surface area contributed by atoms with Crippen LogP contribution in [0.4, 0.5) is 5.69 Å². The molecule has 0 radical (unpaired) electrons. The van der Waals surface area contributed by atoms with Gasteiger partial charge in [-0.25, -0.2) is 0 Å². The van der Waals surface area contributed by atoms with Gasteiger partial charge >= 0.3 is 0 Å². The summed E-state index contributed by atoms with van der Waals surface area (Å²) in [5.74, 6) is 0.549. The predicted molar refractivity (Wildman–Crippen MR) is 100 cm³/mol. The van der Waals surface area contributed by atoms with Crippen molar-refractivity contribution in [3.8, 4) is 28.7 Å². The number of rotatable bonds is 3. The van der Waals surface area contributed by atoms with Crippen LogP contribution in [0.5, 0.6) is 0 Å². The van der Waals surface area contributed by atoms with Crippen LogP contribution in [0.1, 0.15) is 5.56 Å². The van der Waals surface area contributed by atoms with Crippen molar-refractivity contribution in [2.75, 3.05) is 0 Å². The van der Waals surface area contributed by atoms with Gasteiger partial charge in [0, 0.05) is 30.3 Å². The van der Waals surface area contributed by atoms with E-state index in [4.69, 9.17) is 0 Å². The third-order valence-corrected chi connectivity index (χ3v) is 4.35. The minimum Gasteiger partial charge on any atom is -0.279 e. The Kier molecular flexibility index (Phi) is 3.94. The van der Waals surface area contributed by atoms with Gasteiger partial charge in [-0.2, -0.15) is 14.8 Å². The van der Waals surface area contributed by atoms with Crippen LogP contribution in [0.3, 0.4) is 0 Å². The summed E-state index contributed by atoms with van der Waals surface area (Å²) in [7, 11) is 1.52. The maximum atomic E-state index is 12.7. The summed E-state index contributed by atoms with van der Waals surface area (Å²) >= 11 is 0. The van der Waals surface area contributed by atoms with Crippen molar-refractivity contribution in [1.29, 1.82) is 5.26 Å². The van der Waals surface area contributed by atoms with Crippen molar-refractivity contribution in [1.82, 2.24) is 19.2 Å². The monoisotopic (exact) mass is 372 g/mol. The van der Waals surface area contributed by atoms with Gasteiger partial charge in [-0.1, -0.05) is 30.3 Å². The first-order valence-corrected chi connectivity index (χ1v) is 8.21. The van der Waals surface area contributed by atoms with Crippen LogP contribution in [0.2, 0.25) is 0 Å². The van der Waals surface area contributed by atoms with Crippen LogP contribution in [-0.2, 0) is 7.05 Å². The SMILES string of the molecule is Cn1c(=O)c(C#N)c(-c2ccccc2)n2nc(-c3ccc([N+](=O)[O-])cc3)nc12. The summed E-state index contributed by atoms with van der Waals surface area (Å²) < 4.78 is 2.71. The van der Waals surface area contributed by atoms with Gasteiger partial charge in [-0.3, -0.25) is 19.5 Å². The van der Waals surface area contributed by atoms with E-state index in [2.05, 4.69) is 10.1 Å². The van der Waals surface area contributed by atoms with Crippen molar-refractivity contribution in [3.63, 3.8) is 0 Å². The molecule has 4 rings (SSSR count). The molecule has 136 valence electrons. The number of nitriles is 1. The molecule has 0 saturated carbocycles. The molecule has 0 unspecified atom stereocenters. The number of benzene rings is 2. The van der Waals surface area contributed by atoms with Crippen LogP contribution in [0.25, 0.3) is 28.4 Å². The molecule has 9 heteroatoms. The van der Waals surface area contributed by atoms with E-state index in [1.807, 2.05) is 12.1 Å². The maximum absolute atomic E-state index is 12.7. The first-order valence-electron chi connectivity index (χ1n) is 8.21. The summed E-state index contributed by atoms with van der Waals surface area (Å²) in [6.45, 7) is 0. The average molecular weight is 372 g/mol. The molecular formula is C19H12N6O3. The molecule has 0 aliphatic rings. The molecule has 0 saturated heterocycles. The van der Waals surface area contributed by atoms with Crippen molar-refractivity contribution < 1.29 is 4.92 Å². The number of hydrogen-bond donors (Lipinski definition) is 0. The zero-order valence-corrected chi connectivity index (χ0v) is 14.6. The molecule has 4 aromatic rings. The molecule has 2 aromatic heterocycles. The van der Waals surface area contributed by atoms with E-state index in [0.717, 1.165) is 0 Å². The van der Waals surface area contributed by atoms with Gasteiger partial charge in [-0.05, 0) is 12.1 Å². The Bertz CT molecular complexity index is 1310. The molecule has 0 fully saturated rings. The normalized spacial score (nSPS) is 10.7. The number of hydrogen-bond acceptors (Lipinski definition) is 6. The Balaban J connectivity index is 2.01. The largest absolute Gasteiger partial charge is 0.279 e. The van der Waals surface area contributed by atoms with Crippen LogP contribution >= 0.6 is 0 Å². The fourth-order valence-electron chi connectivity index (χ4n) is 2.95. The Morgan fingerprint density at radius 1 is 1.07 bits per heavy atom. The quantitative estimate of drug-likeness (QED) is 0.403. The first kappa shape index (κ1) is 17.1. The molecular weight excluding hydrogens is 360 g/mol. The number of non-ortho nitro benzene ring substituents is 1. The second-order valence-corrected chi connectivity index (χ2v) is 6.02. The molecule has 0 aliphatic heterocycles. The van der Waals surface area contributed by atoms with E-state index in [9.17, 15) is 20.2 Å². The number of fused-ring (bicyclic) bond motifs is 1. The number of nitro benzene ring substituents is 1. The summed E-state index contributed by atoms with van der Waals surface area (Å²) in [6.07, 6.45) is 0. The summed E-state index contributed by atoms with van der Waals surface area (Å²) in [5.41, 5.74) is 0.998. The van der Waals surface area contributed by atoms with Crippen LogP contribution in [0, 0.1) is 21.4 Å². The molecule has 0 spiro atoms. The number of aryl methyl sites for hydroxylation is 1. The van der Waals surface area contributed by atoms with E-state index in [1.165, 1.54) is 28.3 Å². The van der Waals surface area contributed by atoms with Gasteiger partial charge in [0.25, 0.3) is 11.2 Å². The van der Waals surface area contributed by atoms with Gasteiger partial charge < -0.3 is 0 Å². The molecule has 2 aromatic carbocycles. The predicted octanol–water partition coefficient (Wildman–Crippen LogP) is 2.54. The molecule has 28 heavy (non-hydrogen) atoms. The molecule has 9 nitrogen and oxygen atoms in total. The topological polar surface area (TPSA) is 119 Å². The van der Waals surface area contributed by atoms with Crippen molar-refractivity contribution >= 4 is 11.5 Å². The fraction of sp³-hybridized carbons (Fsp3) is 0.0526. The van der Waals surface area contributed by atoms with Gasteiger partial charge in [0.05, 0.1) is 10.6 Å². The number of nitrogens with zero attached hydrogens (tertiary/aromatic N) is 6. The lowest BCUT2D eigenvalue weighted by Gasteiger charge is -2.08. The Labute approximate surface area is 157 Å². The van der Waals surface area contributed by atoms with Crippen LogP contribution in [0.15, 0.2) is 59.4 Å². The molecule has 0 N–H and O–H groups in total. The van der Waals surface area contributed by atoms with E-state index in [-0.39, 0.29) is 22.9 Å². The number of nitro groups is 1. The molecule has 2 heterocycles. The lowest BCUT2D eigenvalue weighted by molar-refractivity contribution is -0.384. The van der Waals surface area contributed by atoms with Gasteiger partial charge in [-0.15, -0.1) is 5.10 Å². The van der Waals surface area contributed by atoms with E-state index in [1.54, 1.807) is 36.4 Å². The molecule has 0 atom stereocenters. The minimum atomic E-state index is -0.489. The van der Waals surface area contributed by atoms with Crippen molar-refractivity contribution in [2.45, 2.75) is 0 Å². The van der Waals surface area contributed by atoms with E-state index in [0.29, 0.717) is 16.8 Å². The Morgan fingerprint density at radius 3 is 2.36 bits per heavy atom. The fourth-order valence-corrected chi connectivity index (χ4v) is 2.95. The number of aromatic nitrogens is 4. The highest BCUT2D eigenvalue weighted by molar-refractivity contribution is 5.69. The van der Waals surface area contributed by atoms with Crippen LogP contribution < -0.4 is 5.56 Å². The highest BCUT2D eigenvalue weighted by atomic mass is 16.6. The van der Waals surface area contributed by atoms with Gasteiger partial charge in [0.2, 0.25) is 5.78 Å². The van der Waals surface area contributed by atoms with Gasteiger partial charge in [0.15, 0.2) is 5.82 Å². The molecule has 0 amide bonds. The summed E-state index contributed by atoms with van der Waals surface area (Å²) in [6, 6.07) is 16.8. The second-order valence-electron chi connectivity index (χ2n) is 6.02. The van der Waals surface area contributed by atoms with Crippen LogP contribution in [-0.4, -0.2) is 24.1 Å².